The van der Waals surface area contributed by atoms with E-state index in [9.17, 15) is 36.6 Å². The van der Waals surface area contributed by atoms with E-state index in [1.54, 1.807) is 6.07 Å². The van der Waals surface area contributed by atoms with Gasteiger partial charge in [0.25, 0.3) is 5.60 Å². The molecule has 0 amide bonds. The predicted octanol–water partition coefficient (Wildman–Crippen LogP) is 3.14. The largest absolute Gasteiger partial charge is 0.426 e. The van der Waals surface area contributed by atoms with Crippen LogP contribution in [-0.4, -0.2) is 28.2 Å². The first-order chi connectivity index (χ1) is 9.50. The number of halogens is 6. The van der Waals surface area contributed by atoms with Gasteiger partial charge < -0.3 is 10.2 Å². The van der Waals surface area contributed by atoms with Gasteiger partial charge in [0.2, 0.25) is 0 Å². The molecule has 0 saturated carbocycles. The third kappa shape index (κ3) is 2.40. The summed E-state index contributed by atoms with van der Waals surface area (Å²) in [5.41, 5.74) is -4.47. The number of hydrogen-bond donors (Lipinski definition) is 2. The van der Waals surface area contributed by atoms with Crippen molar-refractivity contribution in [3.8, 4) is 0 Å². The molecular formula is C13H12F6O2. The van der Waals surface area contributed by atoms with Gasteiger partial charge in [-0.05, 0) is 24.0 Å². The molecule has 2 atom stereocenters. The van der Waals surface area contributed by atoms with E-state index in [-0.39, 0.29) is 12.0 Å². The third-order valence-corrected chi connectivity index (χ3v) is 3.88. The van der Waals surface area contributed by atoms with Crippen molar-refractivity contribution in [1.29, 1.82) is 0 Å². The van der Waals surface area contributed by atoms with Gasteiger partial charge in [-0.25, -0.2) is 0 Å². The minimum Gasteiger partial charge on any atom is -0.388 e. The maximum atomic E-state index is 12.9. The van der Waals surface area contributed by atoms with Crippen molar-refractivity contribution >= 4 is 0 Å². The summed E-state index contributed by atoms with van der Waals surface area (Å²) < 4.78 is 77.1. The van der Waals surface area contributed by atoms with Crippen molar-refractivity contribution in [1.82, 2.24) is 0 Å². The fourth-order valence-electron chi connectivity index (χ4n) is 2.75. The first-order valence-electron chi connectivity index (χ1n) is 6.12. The van der Waals surface area contributed by atoms with Crippen LogP contribution in [0.25, 0.3) is 0 Å². The lowest BCUT2D eigenvalue weighted by molar-refractivity contribution is -0.392. The number of alkyl halides is 6. The van der Waals surface area contributed by atoms with Crippen molar-refractivity contribution in [2.45, 2.75) is 36.9 Å². The molecule has 0 bridgehead atoms. The van der Waals surface area contributed by atoms with Gasteiger partial charge >= 0.3 is 12.4 Å². The van der Waals surface area contributed by atoms with Crippen LogP contribution in [0.15, 0.2) is 24.3 Å². The summed E-state index contributed by atoms with van der Waals surface area (Å²) in [6, 6.07) is 5.77. The molecule has 0 radical (unpaired) electrons. The smallest absolute Gasteiger partial charge is 0.388 e. The summed E-state index contributed by atoms with van der Waals surface area (Å²) in [6.45, 7) is 0. The molecule has 0 heterocycles. The molecule has 0 spiro atoms. The van der Waals surface area contributed by atoms with E-state index < -0.39 is 36.4 Å². The number of aliphatic hydroxyl groups excluding tert-OH is 1. The van der Waals surface area contributed by atoms with Crippen molar-refractivity contribution in [3.05, 3.63) is 35.4 Å². The maximum Gasteiger partial charge on any atom is 0.426 e. The maximum absolute atomic E-state index is 12.9. The van der Waals surface area contributed by atoms with Gasteiger partial charge in [-0.3, -0.25) is 0 Å². The van der Waals surface area contributed by atoms with Crippen LogP contribution in [0.5, 0.6) is 0 Å². The van der Waals surface area contributed by atoms with E-state index in [2.05, 4.69) is 0 Å². The molecule has 2 rings (SSSR count). The van der Waals surface area contributed by atoms with Crippen LogP contribution in [0, 0.1) is 5.92 Å². The Morgan fingerprint density at radius 2 is 1.48 bits per heavy atom. The lowest BCUT2D eigenvalue weighted by Gasteiger charge is -2.43. The molecule has 21 heavy (non-hydrogen) atoms. The quantitative estimate of drug-likeness (QED) is 0.782. The second-order valence-electron chi connectivity index (χ2n) is 5.05. The monoisotopic (exact) mass is 314 g/mol. The van der Waals surface area contributed by atoms with E-state index in [0.717, 1.165) is 0 Å². The molecular weight excluding hydrogens is 302 g/mol. The summed E-state index contributed by atoms with van der Waals surface area (Å²) in [4.78, 5) is 0. The second kappa shape index (κ2) is 4.88. The van der Waals surface area contributed by atoms with E-state index in [1.165, 1.54) is 18.2 Å². The standard InChI is InChI=1S/C13H12F6O2/c14-12(15,16)11(21,13(17,18)19)9-6-5-7-3-1-2-4-8(7)10(9)20/h1-4,9-10,20-21H,5-6H2/t9-,10+/m0/s1. The van der Waals surface area contributed by atoms with Gasteiger partial charge in [-0.15, -0.1) is 0 Å². The first kappa shape index (κ1) is 16.1. The summed E-state index contributed by atoms with van der Waals surface area (Å²) in [7, 11) is 0. The van der Waals surface area contributed by atoms with E-state index in [0.29, 0.717) is 5.56 Å². The fraction of sp³-hybridized carbons (Fsp3) is 0.538. The Morgan fingerprint density at radius 3 is 2.00 bits per heavy atom. The Kier molecular flexibility index (Phi) is 3.74. The zero-order valence-corrected chi connectivity index (χ0v) is 10.5. The molecule has 2 nitrogen and oxygen atoms in total. The topological polar surface area (TPSA) is 40.5 Å². The fourth-order valence-corrected chi connectivity index (χ4v) is 2.75. The summed E-state index contributed by atoms with van der Waals surface area (Å²) in [5.74, 6) is -2.40. The van der Waals surface area contributed by atoms with Crippen LogP contribution in [0.2, 0.25) is 0 Å². The highest BCUT2D eigenvalue weighted by atomic mass is 19.4. The normalized spacial score (nSPS) is 23.8. The molecule has 1 aliphatic carbocycles. The summed E-state index contributed by atoms with van der Waals surface area (Å²) >= 11 is 0. The molecule has 0 aliphatic heterocycles. The van der Waals surface area contributed by atoms with Gasteiger partial charge in [0.05, 0.1) is 6.10 Å². The second-order valence-corrected chi connectivity index (χ2v) is 5.05. The molecule has 2 N–H and O–H groups in total. The molecule has 0 aromatic heterocycles. The molecule has 1 aromatic rings. The molecule has 1 aliphatic rings. The number of aryl methyl sites for hydroxylation is 1. The molecule has 118 valence electrons. The lowest BCUT2D eigenvalue weighted by Crippen LogP contribution is -2.63. The van der Waals surface area contributed by atoms with Crippen LogP contribution >= 0.6 is 0 Å². The first-order valence-corrected chi connectivity index (χ1v) is 6.12. The van der Waals surface area contributed by atoms with E-state index >= 15 is 0 Å². The minimum atomic E-state index is -5.93. The van der Waals surface area contributed by atoms with Crippen LogP contribution in [-0.2, 0) is 6.42 Å². The Hall–Kier alpha value is -1.28. The molecule has 0 fully saturated rings. The lowest BCUT2D eigenvalue weighted by atomic mass is 9.71. The van der Waals surface area contributed by atoms with Gasteiger partial charge in [-0.1, -0.05) is 24.3 Å². The summed E-state index contributed by atoms with van der Waals surface area (Å²) in [5, 5.41) is 19.3. The van der Waals surface area contributed by atoms with Crippen LogP contribution in [0.1, 0.15) is 23.7 Å². The highest BCUT2D eigenvalue weighted by Gasteiger charge is 2.74. The number of fused-ring (bicyclic) bond motifs is 1. The molecule has 0 unspecified atom stereocenters. The number of rotatable bonds is 1. The Morgan fingerprint density at radius 1 is 0.952 bits per heavy atom. The van der Waals surface area contributed by atoms with Crippen LogP contribution in [0.3, 0.4) is 0 Å². The predicted molar refractivity (Wildman–Crippen MR) is 60.3 cm³/mol. The van der Waals surface area contributed by atoms with Crippen LogP contribution in [0.4, 0.5) is 26.3 Å². The van der Waals surface area contributed by atoms with Crippen LogP contribution < -0.4 is 0 Å². The Balaban J connectivity index is 2.50. The molecule has 0 saturated heterocycles. The van der Waals surface area contributed by atoms with Crippen molar-refractivity contribution in [2.75, 3.05) is 0 Å². The minimum absolute atomic E-state index is 0.0133. The highest BCUT2D eigenvalue weighted by Crippen LogP contribution is 2.53. The van der Waals surface area contributed by atoms with Crippen molar-refractivity contribution < 1.29 is 36.6 Å². The highest BCUT2D eigenvalue weighted by molar-refractivity contribution is 5.33. The molecule has 8 heteroatoms. The van der Waals surface area contributed by atoms with Gasteiger partial charge in [0.1, 0.15) is 0 Å². The Labute approximate surface area is 116 Å². The van der Waals surface area contributed by atoms with Crippen molar-refractivity contribution in [3.63, 3.8) is 0 Å². The number of hydrogen-bond acceptors (Lipinski definition) is 2. The van der Waals surface area contributed by atoms with E-state index in [1.807, 2.05) is 0 Å². The zero-order chi connectivity index (χ0) is 16.1. The number of aliphatic hydroxyl groups is 2. The average molecular weight is 314 g/mol. The Bertz CT molecular complexity index is 508. The SMILES string of the molecule is O[C@@H]1c2ccccc2CC[C@@H]1C(O)(C(F)(F)F)C(F)(F)F. The van der Waals surface area contributed by atoms with Gasteiger partial charge in [-0.2, -0.15) is 26.3 Å². The van der Waals surface area contributed by atoms with Crippen molar-refractivity contribution in [2.24, 2.45) is 5.92 Å². The zero-order valence-electron chi connectivity index (χ0n) is 10.5. The molecule has 1 aromatic carbocycles. The van der Waals surface area contributed by atoms with E-state index in [4.69, 9.17) is 0 Å². The average Bonchev–Trinajstić information content (AvgIpc) is 2.36. The van der Waals surface area contributed by atoms with Gasteiger partial charge in [0, 0.05) is 5.92 Å². The van der Waals surface area contributed by atoms with Gasteiger partial charge in [0.15, 0.2) is 0 Å². The third-order valence-electron chi connectivity index (χ3n) is 3.88. The number of benzene rings is 1. The summed E-state index contributed by atoms with van der Waals surface area (Å²) in [6.07, 6.45) is -14.6.